The Balaban J connectivity index is 3.06. The molecule has 19 heavy (non-hydrogen) atoms. The van der Waals surface area contributed by atoms with E-state index in [1.165, 1.54) is 13.0 Å². The highest BCUT2D eigenvalue weighted by atomic mass is 19.1. The maximum Gasteiger partial charge on any atom is 0.338 e. The lowest BCUT2D eigenvalue weighted by Gasteiger charge is -2.17. The summed E-state index contributed by atoms with van der Waals surface area (Å²) in [6.45, 7) is 1.49. The van der Waals surface area contributed by atoms with Gasteiger partial charge in [0, 0.05) is 5.56 Å². The molecule has 0 saturated carbocycles. The Kier molecular flexibility index (Phi) is 4.96. The molecule has 0 saturated heterocycles. The lowest BCUT2D eigenvalue weighted by molar-refractivity contribution is -0.159. The average Bonchev–Trinajstić information content (AvgIpc) is 2.37. The van der Waals surface area contributed by atoms with Crippen molar-refractivity contribution in [1.29, 1.82) is 0 Å². The van der Waals surface area contributed by atoms with Crippen LogP contribution >= 0.6 is 0 Å². The zero-order valence-electron chi connectivity index (χ0n) is 10.0. The van der Waals surface area contributed by atoms with Gasteiger partial charge in [-0.1, -0.05) is 12.1 Å². The fourth-order valence-corrected chi connectivity index (χ4v) is 1.47. The van der Waals surface area contributed by atoms with Gasteiger partial charge in [-0.3, -0.25) is 0 Å². The number of aliphatic hydroxyl groups excluding tert-OH is 2. The molecule has 0 amide bonds. The number of carbonyl (C=O) groups excluding carboxylic acids is 1. The van der Waals surface area contributed by atoms with Crippen molar-refractivity contribution in [2.45, 2.75) is 19.1 Å². The summed E-state index contributed by atoms with van der Waals surface area (Å²) in [5.41, 5.74) is -1.15. The molecule has 1 aromatic rings. The summed E-state index contributed by atoms with van der Waals surface area (Å²) in [5, 5.41) is 27.9. The van der Waals surface area contributed by atoms with Crippen molar-refractivity contribution in [2.24, 2.45) is 0 Å². The molecule has 0 aliphatic heterocycles. The maximum absolute atomic E-state index is 13.8. The summed E-state index contributed by atoms with van der Waals surface area (Å²) < 4.78 is 18.3. The van der Waals surface area contributed by atoms with E-state index in [1.54, 1.807) is 0 Å². The van der Waals surface area contributed by atoms with Crippen LogP contribution in [0.4, 0.5) is 4.39 Å². The quantitative estimate of drug-likeness (QED) is 0.673. The van der Waals surface area contributed by atoms with E-state index in [1.807, 2.05) is 0 Å². The zero-order chi connectivity index (χ0) is 14.6. The lowest BCUT2D eigenvalue weighted by Crippen LogP contribution is -2.30. The molecule has 104 valence electrons. The van der Waals surface area contributed by atoms with Crippen LogP contribution in [0.2, 0.25) is 0 Å². The number of carbonyl (C=O) groups is 2. The molecule has 0 radical (unpaired) electrons. The third-order valence-corrected chi connectivity index (χ3v) is 2.40. The van der Waals surface area contributed by atoms with E-state index in [0.717, 1.165) is 12.1 Å². The summed E-state index contributed by atoms with van der Waals surface area (Å²) in [6, 6.07) is 3.28. The van der Waals surface area contributed by atoms with Crippen molar-refractivity contribution >= 4 is 11.9 Å². The molecule has 1 rings (SSSR count). The van der Waals surface area contributed by atoms with Gasteiger partial charge in [-0.15, -0.1) is 0 Å². The third kappa shape index (κ3) is 3.27. The first-order valence-electron chi connectivity index (χ1n) is 5.44. The number of benzene rings is 1. The number of carboxylic acid groups (broad SMARTS) is 1. The molecular weight excluding hydrogens is 259 g/mol. The van der Waals surface area contributed by atoms with Crippen LogP contribution in [0.1, 0.15) is 28.9 Å². The van der Waals surface area contributed by atoms with Crippen LogP contribution < -0.4 is 0 Å². The van der Waals surface area contributed by atoms with Gasteiger partial charge in [0.25, 0.3) is 0 Å². The summed E-state index contributed by atoms with van der Waals surface area (Å²) in [7, 11) is 0. The van der Waals surface area contributed by atoms with E-state index in [4.69, 9.17) is 5.11 Å². The molecule has 6 nitrogen and oxygen atoms in total. The molecule has 0 spiro atoms. The normalized spacial score (nSPS) is 13.7. The molecule has 2 unspecified atom stereocenters. The number of rotatable bonds is 5. The maximum atomic E-state index is 13.8. The Morgan fingerprint density at radius 3 is 2.53 bits per heavy atom. The second kappa shape index (κ2) is 6.26. The smallest absolute Gasteiger partial charge is 0.338 e. The second-order valence-electron chi connectivity index (χ2n) is 3.66. The number of halogens is 1. The van der Waals surface area contributed by atoms with Gasteiger partial charge >= 0.3 is 11.9 Å². The van der Waals surface area contributed by atoms with E-state index < -0.39 is 41.1 Å². The first-order chi connectivity index (χ1) is 8.90. The Labute approximate surface area is 108 Å². The monoisotopic (exact) mass is 272 g/mol. The number of esters is 1. The summed E-state index contributed by atoms with van der Waals surface area (Å²) in [6.07, 6.45) is -3.89. The van der Waals surface area contributed by atoms with Gasteiger partial charge in [-0.2, -0.15) is 0 Å². The molecular formula is C12H13FO6. The van der Waals surface area contributed by atoms with E-state index in [0.29, 0.717) is 0 Å². The molecule has 0 aromatic heterocycles. The van der Waals surface area contributed by atoms with Crippen molar-refractivity contribution in [3.8, 4) is 0 Å². The van der Waals surface area contributed by atoms with Crippen LogP contribution in [0.25, 0.3) is 0 Å². The van der Waals surface area contributed by atoms with Crippen molar-refractivity contribution in [1.82, 2.24) is 0 Å². The van der Waals surface area contributed by atoms with E-state index >= 15 is 0 Å². The number of aromatic carboxylic acids is 1. The molecule has 7 heteroatoms. The van der Waals surface area contributed by atoms with Gasteiger partial charge in [-0.05, 0) is 13.0 Å². The minimum absolute atomic E-state index is 0.0136. The van der Waals surface area contributed by atoms with Gasteiger partial charge in [0.2, 0.25) is 0 Å². The van der Waals surface area contributed by atoms with E-state index in [2.05, 4.69) is 4.74 Å². The minimum Gasteiger partial charge on any atom is -0.478 e. The molecule has 3 N–H and O–H groups in total. The van der Waals surface area contributed by atoms with Crippen LogP contribution in [0.5, 0.6) is 0 Å². The number of aliphatic hydroxyl groups is 2. The molecule has 0 aliphatic rings. The SMILES string of the molecule is CCOC(=O)C(O)C(O)c1cccc(C(=O)O)c1F. The molecule has 0 aliphatic carbocycles. The van der Waals surface area contributed by atoms with Crippen LogP contribution in [0, 0.1) is 5.82 Å². The standard InChI is InChI=1S/C12H13FO6/c1-2-19-12(18)10(15)9(14)6-4-3-5-7(8(6)13)11(16)17/h3-5,9-10,14-15H,2H2,1H3,(H,16,17). The van der Waals surface area contributed by atoms with Gasteiger partial charge in [-0.25, -0.2) is 14.0 Å². The van der Waals surface area contributed by atoms with Crippen molar-refractivity contribution < 1.29 is 34.0 Å². The van der Waals surface area contributed by atoms with E-state index in [9.17, 15) is 24.2 Å². The average molecular weight is 272 g/mol. The van der Waals surface area contributed by atoms with Crippen molar-refractivity contribution in [3.63, 3.8) is 0 Å². The number of carboxylic acids is 1. The summed E-state index contributed by atoms with van der Waals surface area (Å²) in [4.78, 5) is 21.9. The molecule has 1 aromatic carbocycles. The van der Waals surface area contributed by atoms with Crippen LogP contribution in [0.15, 0.2) is 18.2 Å². The van der Waals surface area contributed by atoms with Crippen molar-refractivity contribution in [2.75, 3.05) is 6.61 Å². The van der Waals surface area contributed by atoms with Gasteiger partial charge in [0.15, 0.2) is 6.10 Å². The minimum atomic E-state index is -1.99. The Morgan fingerprint density at radius 1 is 1.37 bits per heavy atom. The highest BCUT2D eigenvalue weighted by molar-refractivity contribution is 5.88. The molecule has 0 bridgehead atoms. The largest absolute Gasteiger partial charge is 0.478 e. The van der Waals surface area contributed by atoms with Crippen LogP contribution in [-0.2, 0) is 9.53 Å². The zero-order valence-corrected chi connectivity index (χ0v) is 10.0. The third-order valence-electron chi connectivity index (χ3n) is 2.40. The topological polar surface area (TPSA) is 104 Å². The predicted molar refractivity (Wildman–Crippen MR) is 61.0 cm³/mol. The molecule has 2 atom stereocenters. The van der Waals surface area contributed by atoms with E-state index in [-0.39, 0.29) is 6.61 Å². The van der Waals surface area contributed by atoms with Crippen molar-refractivity contribution in [3.05, 3.63) is 35.1 Å². The fraction of sp³-hybridized carbons (Fsp3) is 0.333. The van der Waals surface area contributed by atoms with Gasteiger partial charge in [0.05, 0.1) is 12.2 Å². The van der Waals surface area contributed by atoms with Gasteiger partial charge in [0.1, 0.15) is 11.9 Å². The fourth-order valence-electron chi connectivity index (χ4n) is 1.47. The Hall–Kier alpha value is -1.99. The molecule has 0 fully saturated rings. The number of hydrogen-bond acceptors (Lipinski definition) is 5. The number of ether oxygens (including phenoxy) is 1. The lowest BCUT2D eigenvalue weighted by atomic mass is 10.0. The predicted octanol–water partition coefficient (Wildman–Crippen LogP) is 0.481. The number of hydrogen-bond donors (Lipinski definition) is 3. The molecule has 0 heterocycles. The summed E-state index contributed by atoms with van der Waals surface area (Å²) in [5.74, 6) is -3.84. The Bertz CT molecular complexity index is 487. The first kappa shape index (κ1) is 15.1. The van der Waals surface area contributed by atoms with Crippen LogP contribution in [-0.4, -0.2) is 40.0 Å². The van der Waals surface area contributed by atoms with Gasteiger partial charge < -0.3 is 20.1 Å². The first-order valence-corrected chi connectivity index (χ1v) is 5.44. The highest BCUT2D eigenvalue weighted by Gasteiger charge is 2.30. The highest BCUT2D eigenvalue weighted by Crippen LogP contribution is 2.23. The summed E-state index contributed by atoms with van der Waals surface area (Å²) >= 11 is 0. The Morgan fingerprint density at radius 2 is 2.00 bits per heavy atom. The van der Waals surface area contributed by atoms with Crippen LogP contribution in [0.3, 0.4) is 0 Å². The second-order valence-corrected chi connectivity index (χ2v) is 3.66.